The molecule has 2 aromatic rings. The number of benzene rings is 1. The Balaban J connectivity index is 2.40. The van der Waals surface area contributed by atoms with E-state index in [1.165, 1.54) is 12.4 Å². The molecule has 1 aromatic carbocycles. The molecule has 0 amide bonds. The van der Waals surface area contributed by atoms with Crippen LogP contribution < -0.4 is 0 Å². The molecule has 0 radical (unpaired) electrons. The summed E-state index contributed by atoms with van der Waals surface area (Å²) in [4.78, 5) is 8.29. The van der Waals surface area contributed by atoms with Gasteiger partial charge in [0.1, 0.15) is 5.75 Å². The molecule has 2 N–H and O–H groups in total. The Morgan fingerprint density at radius 3 is 2.89 bits per heavy atom. The van der Waals surface area contributed by atoms with Gasteiger partial charge in [0.05, 0.1) is 18.0 Å². The van der Waals surface area contributed by atoms with Crippen molar-refractivity contribution in [1.82, 2.24) is 4.98 Å². The zero-order chi connectivity index (χ0) is 13.8. The predicted molar refractivity (Wildman–Crippen MR) is 78.0 cm³/mol. The van der Waals surface area contributed by atoms with E-state index in [0.29, 0.717) is 16.8 Å². The van der Waals surface area contributed by atoms with Crippen LogP contribution in [0.5, 0.6) is 5.75 Å². The minimum atomic E-state index is -0.194. The summed E-state index contributed by atoms with van der Waals surface area (Å²) in [7, 11) is 0. The number of hydrogen-bond acceptors (Lipinski definition) is 4. The van der Waals surface area contributed by atoms with Crippen LogP contribution in [0, 0.1) is 6.92 Å². The van der Waals surface area contributed by atoms with Crippen LogP contribution in [0.25, 0.3) is 0 Å². The fourth-order valence-corrected chi connectivity index (χ4v) is 2.01. The molecular weight excluding hydrogens is 308 g/mol. The molecule has 0 saturated carbocycles. The van der Waals surface area contributed by atoms with Gasteiger partial charge in [0, 0.05) is 28.0 Å². The summed E-state index contributed by atoms with van der Waals surface area (Å²) < 4.78 is 0.930. The number of aromatic nitrogens is 1. The SMILES string of the molecule is Cc1ncc(CO)c(C=Nc2cccc(Br)c2)c1O. The lowest BCUT2D eigenvalue weighted by Gasteiger charge is -2.06. The molecule has 0 spiro atoms. The van der Waals surface area contributed by atoms with Crippen molar-refractivity contribution in [3.63, 3.8) is 0 Å². The molecule has 98 valence electrons. The molecule has 0 aliphatic rings. The number of nitrogens with zero attached hydrogens (tertiary/aromatic N) is 2. The van der Waals surface area contributed by atoms with Crippen LogP contribution in [0.2, 0.25) is 0 Å². The van der Waals surface area contributed by atoms with Crippen molar-refractivity contribution in [3.05, 3.63) is 51.8 Å². The lowest BCUT2D eigenvalue weighted by Crippen LogP contribution is -1.97. The number of hydrogen-bond donors (Lipinski definition) is 2. The van der Waals surface area contributed by atoms with Crippen molar-refractivity contribution in [2.75, 3.05) is 0 Å². The highest BCUT2D eigenvalue weighted by Gasteiger charge is 2.09. The number of aliphatic hydroxyl groups excluding tert-OH is 1. The summed E-state index contributed by atoms with van der Waals surface area (Å²) in [6, 6.07) is 7.50. The monoisotopic (exact) mass is 320 g/mol. The molecule has 4 nitrogen and oxygen atoms in total. The number of aliphatic hydroxyl groups is 1. The third-order valence-electron chi connectivity index (χ3n) is 2.68. The van der Waals surface area contributed by atoms with Crippen LogP contribution in [-0.4, -0.2) is 21.4 Å². The zero-order valence-corrected chi connectivity index (χ0v) is 11.9. The molecule has 2 rings (SSSR count). The van der Waals surface area contributed by atoms with Gasteiger partial charge in [-0.15, -0.1) is 0 Å². The molecule has 1 aromatic heterocycles. The number of aromatic hydroxyl groups is 1. The topological polar surface area (TPSA) is 65.7 Å². The summed E-state index contributed by atoms with van der Waals surface area (Å²) in [5, 5.41) is 19.2. The molecule has 0 fully saturated rings. The summed E-state index contributed by atoms with van der Waals surface area (Å²) in [5.41, 5.74) is 2.30. The molecular formula is C14H13BrN2O2. The Morgan fingerprint density at radius 1 is 1.42 bits per heavy atom. The molecule has 19 heavy (non-hydrogen) atoms. The summed E-state index contributed by atoms with van der Waals surface area (Å²) in [5.74, 6) is 0.0466. The molecule has 0 saturated heterocycles. The largest absolute Gasteiger partial charge is 0.505 e. The van der Waals surface area contributed by atoms with Gasteiger partial charge >= 0.3 is 0 Å². The first-order valence-corrected chi connectivity index (χ1v) is 6.49. The van der Waals surface area contributed by atoms with Crippen LogP contribution >= 0.6 is 15.9 Å². The second kappa shape index (κ2) is 5.95. The van der Waals surface area contributed by atoms with E-state index in [4.69, 9.17) is 0 Å². The van der Waals surface area contributed by atoms with E-state index in [-0.39, 0.29) is 12.4 Å². The maximum Gasteiger partial charge on any atom is 0.145 e. The van der Waals surface area contributed by atoms with Crippen molar-refractivity contribution in [2.24, 2.45) is 4.99 Å². The van der Waals surface area contributed by atoms with Gasteiger partial charge in [-0.25, -0.2) is 0 Å². The highest BCUT2D eigenvalue weighted by Crippen LogP contribution is 2.24. The third-order valence-corrected chi connectivity index (χ3v) is 3.17. The van der Waals surface area contributed by atoms with Crippen LogP contribution in [0.4, 0.5) is 5.69 Å². The first-order chi connectivity index (χ1) is 9.11. The Kier molecular flexibility index (Phi) is 4.29. The Labute approximate surface area is 119 Å². The molecule has 0 aliphatic carbocycles. The second-order valence-electron chi connectivity index (χ2n) is 4.03. The normalized spacial score (nSPS) is 11.1. The molecule has 0 aliphatic heterocycles. The average Bonchev–Trinajstić information content (AvgIpc) is 2.40. The number of halogens is 1. The molecule has 0 atom stereocenters. The number of pyridine rings is 1. The Hall–Kier alpha value is -1.72. The minimum Gasteiger partial charge on any atom is -0.505 e. The molecule has 5 heteroatoms. The number of aryl methyl sites for hydroxylation is 1. The van der Waals surface area contributed by atoms with E-state index in [2.05, 4.69) is 25.9 Å². The van der Waals surface area contributed by atoms with Crippen LogP contribution in [0.3, 0.4) is 0 Å². The van der Waals surface area contributed by atoms with Gasteiger partial charge in [-0.05, 0) is 25.1 Å². The van der Waals surface area contributed by atoms with Crippen LogP contribution in [-0.2, 0) is 6.61 Å². The van der Waals surface area contributed by atoms with Gasteiger partial charge < -0.3 is 10.2 Å². The predicted octanol–water partition coefficient (Wildman–Crippen LogP) is 3.10. The maximum absolute atomic E-state index is 9.97. The quantitative estimate of drug-likeness (QED) is 0.854. The van der Waals surface area contributed by atoms with E-state index < -0.39 is 0 Å². The van der Waals surface area contributed by atoms with E-state index in [1.54, 1.807) is 6.92 Å². The molecule has 0 bridgehead atoms. The van der Waals surface area contributed by atoms with E-state index >= 15 is 0 Å². The Bertz CT molecular complexity index is 627. The van der Waals surface area contributed by atoms with Gasteiger partial charge in [0.25, 0.3) is 0 Å². The summed E-state index contributed by atoms with van der Waals surface area (Å²) >= 11 is 3.37. The van der Waals surface area contributed by atoms with E-state index in [9.17, 15) is 10.2 Å². The van der Waals surface area contributed by atoms with Crippen molar-refractivity contribution in [3.8, 4) is 5.75 Å². The number of aliphatic imine (C=N–C) groups is 1. The lowest BCUT2D eigenvalue weighted by atomic mass is 10.1. The van der Waals surface area contributed by atoms with Gasteiger partial charge in [0.2, 0.25) is 0 Å². The van der Waals surface area contributed by atoms with E-state index in [1.807, 2.05) is 24.3 Å². The van der Waals surface area contributed by atoms with Gasteiger partial charge in [0.15, 0.2) is 0 Å². The minimum absolute atomic E-state index is 0.0466. The van der Waals surface area contributed by atoms with Gasteiger partial charge in [-0.3, -0.25) is 9.98 Å². The maximum atomic E-state index is 9.97. The lowest BCUT2D eigenvalue weighted by molar-refractivity contribution is 0.280. The second-order valence-corrected chi connectivity index (χ2v) is 4.94. The fourth-order valence-electron chi connectivity index (χ4n) is 1.62. The first-order valence-electron chi connectivity index (χ1n) is 5.69. The molecule has 0 unspecified atom stereocenters. The van der Waals surface area contributed by atoms with Gasteiger partial charge in [-0.2, -0.15) is 0 Å². The van der Waals surface area contributed by atoms with Crippen LogP contribution in [0.1, 0.15) is 16.8 Å². The number of rotatable bonds is 3. The zero-order valence-electron chi connectivity index (χ0n) is 10.3. The standard InChI is InChI=1S/C14H13BrN2O2/c1-9-14(19)13(10(8-18)6-16-9)7-17-12-4-2-3-11(15)5-12/h2-7,18-19H,8H2,1H3. The van der Waals surface area contributed by atoms with Crippen LogP contribution in [0.15, 0.2) is 39.9 Å². The highest BCUT2D eigenvalue weighted by atomic mass is 79.9. The van der Waals surface area contributed by atoms with Crippen molar-refractivity contribution >= 4 is 27.8 Å². The summed E-state index contributed by atoms with van der Waals surface area (Å²) in [6.07, 6.45) is 3.08. The fraction of sp³-hybridized carbons (Fsp3) is 0.143. The van der Waals surface area contributed by atoms with Gasteiger partial charge in [-0.1, -0.05) is 22.0 Å². The van der Waals surface area contributed by atoms with Crippen molar-refractivity contribution < 1.29 is 10.2 Å². The first kappa shape index (κ1) is 13.7. The average molecular weight is 321 g/mol. The smallest absolute Gasteiger partial charge is 0.145 e. The molecule has 1 heterocycles. The van der Waals surface area contributed by atoms with Crippen molar-refractivity contribution in [2.45, 2.75) is 13.5 Å². The summed E-state index contributed by atoms with van der Waals surface area (Å²) in [6.45, 7) is 1.51. The Morgan fingerprint density at radius 2 is 2.21 bits per heavy atom. The highest BCUT2D eigenvalue weighted by molar-refractivity contribution is 9.10. The van der Waals surface area contributed by atoms with E-state index in [0.717, 1.165) is 10.2 Å². The third kappa shape index (κ3) is 3.19. The van der Waals surface area contributed by atoms with Crippen molar-refractivity contribution in [1.29, 1.82) is 0 Å².